The van der Waals surface area contributed by atoms with E-state index in [1.807, 2.05) is 11.3 Å². The molecule has 0 aliphatic carbocycles. The summed E-state index contributed by atoms with van der Waals surface area (Å²) >= 11 is 1.91. The second-order valence-electron chi connectivity index (χ2n) is 5.97. The summed E-state index contributed by atoms with van der Waals surface area (Å²) in [6.45, 7) is 11.6. The van der Waals surface area contributed by atoms with Gasteiger partial charge in [0.25, 0.3) is 0 Å². The van der Waals surface area contributed by atoms with E-state index in [9.17, 15) is 0 Å². The van der Waals surface area contributed by atoms with Crippen LogP contribution in [0.5, 0.6) is 0 Å². The lowest BCUT2D eigenvalue weighted by molar-refractivity contribution is 0.0425. The van der Waals surface area contributed by atoms with Gasteiger partial charge in [0.2, 0.25) is 0 Å². The number of nitrogens with zero attached hydrogens (tertiary/aromatic N) is 1. The quantitative estimate of drug-likeness (QED) is 0.875. The zero-order chi connectivity index (χ0) is 13.9. The van der Waals surface area contributed by atoms with Gasteiger partial charge in [0.05, 0.1) is 0 Å². The Bertz CT molecular complexity index is 376. The number of nitrogens with one attached hydrogen (secondary N) is 1. The highest BCUT2D eigenvalue weighted by Gasteiger charge is 2.37. The second-order valence-corrected chi connectivity index (χ2v) is 6.95. The van der Waals surface area contributed by atoms with E-state index >= 15 is 0 Å². The predicted molar refractivity (Wildman–Crippen MR) is 84.8 cm³/mol. The van der Waals surface area contributed by atoms with Crippen molar-refractivity contribution in [2.75, 3.05) is 13.1 Å². The van der Waals surface area contributed by atoms with Crippen molar-refractivity contribution < 1.29 is 0 Å². The van der Waals surface area contributed by atoms with Gasteiger partial charge in [-0.1, -0.05) is 26.8 Å². The van der Waals surface area contributed by atoms with Gasteiger partial charge in [0.15, 0.2) is 0 Å². The molecule has 0 radical (unpaired) electrons. The van der Waals surface area contributed by atoms with Crippen LogP contribution in [0.1, 0.15) is 57.9 Å². The molecule has 2 rings (SSSR count). The van der Waals surface area contributed by atoms with Gasteiger partial charge in [-0.3, -0.25) is 4.90 Å². The second kappa shape index (κ2) is 6.38. The summed E-state index contributed by atoms with van der Waals surface area (Å²) < 4.78 is 0. The first-order chi connectivity index (χ1) is 9.13. The van der Waals surface area contributed by atoms with Crippen LogP contribution in [0, 0.1) is 0 Å². The van der Waals surface area contributed by atoms with Gasteiger partial charge in [-0.2, -0.15) is 0 Å². The maximum atomic E-state index is 3.76. The van der Waals surface area contributed by atoms with Crippen molar-refractivity contribution in [2.45, 2.75) is 64.6 Å². The molecule has 108 valence electrons. The van der Waals surface area contributed by atoms with E-state index in [4.69, 9.17) is 0 Å². The molecule has 1 aromatic heterocycles. The van der Waals surface area contributed by atoms with Gasteiger partial charge in [-0.15, -0.1) is 11.3 Å². The zero-order valence-corrected chi connectivity index (χ0v) is 13.6. The molecule has 1 aromatic rings. The highest BCUT2D eigenvalue weighted by atomic mass is 32.1. The van der Waals surface area contributed by atoms with Crippen molar-refractivity contribution in [1.29, 1.82) is 0 Å². The van der Waals surface area contributed by atoms with Gasteiger partial charge >= 0.3 is 0 Å². The molecular weight excluding hydrogens is 252 g/mol. The lowest BCUT2D eigenvalue weighted by atomic mass is 9.91. The van der Waals surface area contributed by atoms with E-state index in [0.29, 0.717) is 12.1 Å². The summed E-state index contributed by atoms with van der Waals surface area (Å²) in [7, 11) is 0. The van der Waals surface area contributed by atoms with Crippen LogP contribution < -0.4 is 5.32 Å². The van der Waals surface area contributed by atoms with Crippen LogP contribution in [0.3, 0.4) is 0 Å². The van der Waals surface area contributed by atoms with Crippen LogP contribution >= 0.6 is 11.3 Å². The highest BCUT2D eigenvalue weighted by Crippen LogP contribution is 2.34. The SMILES string of the molecule is CCC1CNC(C)(CC)CN1C(CC)c1cccs1. The Kier molecular flexibility index (Phi) is 5.04. The van der Waals surface area contributed by atoms with E-state index in [1.54, 1.807) is 0 Å². The lowest BCUT2D eigenvalue weighted by Gasteiger charge is -2.49. The molecule has 0 saturated carbocycles. The molecule has 3 unspecified atom stereocenters. The van der Waals surface area contributed by atoms with Crippen molar-refractivity contribution in [2.24, 2.45) is 0 Å². The molecule has 0 spiro atoms. The van der Waals surface area contributed by atoms with Crippen LogP contribution in [0.15, 0.2) is 17.5 Å². The number of hydrogen-bond donors (Lipinski definition) is 1. The topological polar surface area (TPSA) is 15.3 Å². The number of piperazine rings is 1. The smallest absolute Gasteiger partial charge is 0.0443 e. The molecule has 1 aliphatic rings. The average molecular weight is 280 g/mol. The fraction of sp³-hybridized carbons (Fsp3) is 0.750. The lowest BCUT2D eigenvalue weighted by Crippen LogP contribution is -2.63. The molecule has 1 N–H and O–H groups in total. The molecule has 0 bridgehead atoms. The van der Waals surface area contributed by atoms with Gasteiger partial charge in [0.1, 0.15) is 0 Å². The zero-order valence-electron chi connectivity index (χ0n) is 12.8. The standard InChI is InChI=1S/C16H28N2S/c1-5-13-11-17-16(4,7-3)12-18(13)14(6-2)15-9-8-10-19-15/h8-10,13-14,17H,5-7,11-12H2,1-4H3. The van der Waals surface area contributed by atoms with Crippen LogP contribution in [0.25, 0.3) is 0 Å². The van der Waals surface area contributed by atoms with Crippen molar-refractivity contribution in [3.8, 4) is 0 Å². The Morgan fingerprint density at radius 3 is 2.79 bits per heavy atom. The summed E-state index contributed by atoms with van der Waals surface area (Å²) in [5.74, 6) is 0. The first kappa shape index (κ1) is 15.0. The van der Waals surface area contributed by atoms with E-state index in [2.05, 4.69) is 55.4 Å². The van der Waals surface area contributed by atoms with Crippen LogP contribution in [0.4, 0.5) is 0 Å². The Hall–Kier alpha value is -0.380. The molecule has 1 aliphatic heterocycles. The monoisotopic (exact) mass is 280 g/mol. The van der Waals surface area contributed by atoms with Gasteiger partial charge in [-0.25, -0.2) is 0 Å². The molecule has 3 heteroatoms. The van der Waals surface area contributed by atoms with E-state index in [-0.39, 0.29) is 5.54 Å². The number of hydrogen-bond acceptors (Lipinski definition) is 3. The summed E-state index contributed by atoms with van der Waals surface area (Å²) in [5.41, 5.74) is 0.274. The molecule has 0 amide bonds. The van der Waals surface area contributed by atoms with E-state index in [1.165, 1.54) is 30.7 Å². The van der Waals surface area contributed by atoms with Gasteiger partial charge in [-0.05, 0) is 37.6 Å². The third-order valence-electron chi connectivity index (χ3n) is 4.68. The Labute approximate surface area is 122 Å². The molecule has 2 heterocycles. The summed E-state index contributed by atoms with van der Waals surface area (Å²) in [6, 6.07) is 5.76. The minimum absolute atomic E-state index is 0.274. The fourth-order valence-electron chi connectivity index (χ4n) is 3.13. The first-order valence-electron chi connectivity index (χ1n) is 7.67. The first-order valence-corrected chi connectivity index (χ1v) is 8.55. The molecule has 19 heavy (non-hydrogen) atoms. The molecular formula is C16H28N2S. The predicted octanol–water partition coefficient (Wildman–Crippen LogP) is 4.05. The maximum absolute atomic E-state index is 3.76. The number of thiophene rings is 1. The largest absolute Gasteiger partial charge is 0.309 e. The van der Waals surface area contributed by atoms with Crippen molar-refractivity contribution >= 4 is 11.3 Å². The summed E-state index contributed by atoms with van der Waals surface area (Å²) in [6.07, 6.45) is 3.63. The van der Waals surface area contributed by atoms with Gasteiger partial charge < -0.3 is 5.32 Å². The van der Waals surface area contributed by atoms with Crippen molar-refractivity contribution in [1.82, 2.24) is 10.2 Å². The highest BCUT2D eigenvalue weighted by molar-refractivity contribution is 7.10. The minimum Gasteiger partial charge on any atom is -0.309 e. The third kappa shape index (κ3) is 3.21. The molecule has 1 saturated heterocycles. The Morgan fingerprint density at radius 1 is 1.47 bits per heavy atom. The van der Waals surface area contributed by atoms with Crippen molar-refractivity contribution in [3.63, 3.8) is 0 Å². The molecule has 3 atom stereocenters. The maximum Gasteiger partial charge on any atom is 0.0443 e. The molecule has 2 nitrogen and oxygen atoms in total. The van der Waals surface area contributed by atoms with Crippen LogP contribution in [-0.2, 0) is 0 Å². The third-order valence-corrected chi connectivity index (χ3v) is 5.65. The van der Waals surface area contributed by atoms with Gasteiger partial charge in [0, 0.05) is 35.6 Å². The van der Waals surface area contributed by atoms with Crippen LogP contribution in [0.2, 0.25) is 0 Å². The summed E-state index contributed by atoms with van der Waals surface area (Å²) in [4.78, 5) is 4.28. The van der Waals surface area contributed by atoms with Crippen molar-refractivity contribution in [3.05, 3.63) is 22.4 Å². The summed E-state index contributed by atoms with van der Waals surface area (Å²) in [5, 5.41) is 5.97. The Balaban J connectivity index is 2.21. The average Bonchev–Trinajstić information content (AvgIpc) is 2.94. The minimum atomic E-state index is 0.274. The molecule has 0 aromatic carbocycles. The van der Waals surface area contributed by atoms with E-state index in [0.717, 1.165) is 6.54 Å². The molecule has 1 fully saturated rings. The fourth-order valence-corrected chi connectivity index (χ4v) is 4.06. The van der Waals surface area contributed by atoms with Crippen LogP contribution in [-0.4, -0.2) is 29.6 Å². The Morgan fingerprint density at radius 2 is 2.26 bits per heavy atom. The number of rotatable bonds is 5. The van der Waals surface area contributed by atoms with E-state index < -0.39 is 0 Å². The normalized spacial score (nSPS) is 30.4.